The average molecular weight is 697 g/mol. The highest BCUT2D eigenvalue weighted by molar-refractivity contribution is 6.34. The maximum Gasteiger partial charge on any atom is 0.206 e. The lowest BCUT2D eigenvalue weighted by molar-refractivity contribution is -0.125. The number of hydrogen-bond acceptors (Lipinski definition) is 8. The van der Waals surface area contributed by atoms with E-state index in [0.29, 0.717) is 76.0 Å². The van der Waals surface area contributed by atoms with Crippen molar-refractivity contribution >= 4 is 29.0 Å². The fourth-order valence-electron chi connectivity index (χ4n) is 6.54. The SMILES string of the molecule is COc1c(Cl)c(C)c(C(C)=O)c(OC(CN2CCC(=O)CC2)N2CCC(=O)CC2)c1OC(CC(C)c1ccc(F)cc1)c1ccc(F)cc1. The third kappa shape index (κ3) is 8.84. The average Bonchev–Trinajstić information content (AvgIpc) is 3.08. The zero-order valence-electron chi connectivity index (χ0n) is 28.4. The summed E-state index contributed by atoms with van der Waals surface area (Å²) in [6.45, 7) is 7.65. The van der Waals surface area contributed by atoms with Gasteiger partial charge in [-0.05, 0) is 67.1 Å². The zero-order chi connectivity index (χ0) is 35.2. The van der Waals surface area contributed by atoms with Crippen LogP contribution in [0.3, 0.4) is 0 Å². The predicted molar refractivity (Wildman–Crippen MR) is 183 cm³/mol. The van der Waals surface area contributed by atoms with Crippen LogP contribution in [0.5, 0.6) is 17.2 Å². The second kappa shape index (κ2) is 16.2. The Morgan fingerprint density at radius 3 is 1.88 bits per heavy atom. The van der Waals surface area contributed by atoms with Crippen LogP contribution in [0.25, 0.3) is 0 Å². The largest absolute Gasteiger partial charge is 0.491 e. The first-order valence-electron chi connectivity index (χ1n) is 16.7. The van der Waals surface area contributed by atoms with Gasteiger partial charge in [-0.3, -0.25) is 24.2 Å². The Kier molecular flexibility index (Phi) is 12.1. The minimum Gasteiger partial charge on any atom is -0.491 e. The van der Waals surface area contributed by atoms with Gasteiger partial charge in [0.05, 0.1) is 17.7 Å². The number of carbonyl (C=O) groups excluding carboxylic acids is 3. The molecular formula is C38H43ClF2N2O6. The van der Waals surface area contributed by atoms with Gasteiger partial charge in [0.1, 0.15) is 29.3 Å². The van der Waals surface area contributed by atoms with Gasteiger partial charge in [0, 0.05) is 58.4 Å². The molecule has 0 amide bonds. The molecule has 2 heterocycles. The standard InChI is InChI=1S/C38H43ClF2N2O6/c1-23(26-5-9-28(40)10-6-26)21-32(27-7-11-29(41)12-8-27)48-38-36(34(25(3)44)24(2)35(39)37(38)47-4)49-33(43-19-15-31(46)16-20-43)22-42-17-13-30(45)14-18-42/h5-12,23,32-33H,13-22H2,1-4H3. The van der Waals surface area contributed by atoms with Crippen molar-refractivity contribution < 1.29 is 37.4 Å². The van der Waals surface area contributed by atoms with Gasteiger partial charge >= 0.3 is 0 Å². The van der Waals surface area contributed by atoms with Crippen LogP contribution in [0.2, 0.25) is 5.02 Å². The summed E-state index contributed by atoms with van der Waals surface area (Å²) in [7, 11) is 1.46. The number of benzene rings is 3. The van der Waals surface area contributed by atoms with E-state index in [1.54, 1.807) is 31.2 Å². The Bertz CT molecular complexity index is 1650. The highest BCUT2D eigenvalue weighted by Crippen LogP contribution is 2.50. The van der Waals surface area contributed by atoms with Gasteiger partial charge in [-0.25, -0.2) is 8.78 Å². The number of carbonyl (C=O) groups is 3. The number of piperidine rings is 2. The summed E-state index contributed by atoms with van der Waals surface area (Å²) < 4.78 is 47.4. The van der Waals surface area contributed by atoms with Crippen LogP contribution in [0.4, 0.5) is 8.78 Å². The molecule has 3 unspecified atom stereocenters. The molecule has 11 heteroatoms. The summed E-state index contributed by atoms with van der Waals surface area (Å²) in [5.74, 6) is -0.329. The maximum atomic E-state index is 14.1. The molecule has 3 aromatic rings. The van der Waals surface area contributed by atoms with Crippen LogP contribution in [0.15, 0.2) is 48.5 Å². The number of methoxy groups -OCH3 is 1. The van der Waals surface area contributed by atoms with Crippen molar-refractivity contribution in [1.82, 2.24) is 9.80 Å². The molecule has 2 aliphatic heterocycles. The van der Waals surface area contributed by atoms with Crippen LogP contribution in [-0.4, -0.2) is 73.2 Å². The lowest BCUT2D eigenvalue weighted by Gasteiger charge is -2.38. The van der Waals surface area contributed by atoms with E-state index in [0.717, 1.165) is 5.56 Å². The van der Waals surface area contributed by atoms with Crippen molar-refractivity contribution in [3.63, 3.8) is 0 Å². The summed E-state index contributed by atoms with van der Waals surface area (Å²) in [5, 5.41) is 0.189. The van der Waals surface area contributed by atoms with Crippen LogP contribution in [-0.2, 0) is 9.59 Å². The molecule has 3 atom stereocenters. The van der Waals surface area contributed by atoms with Crippen LogP contribution in [0, 0.1) is 18.6 Å². The molecule has 0 spiro atoms. The van der Waals surface area contributed by atoms with E-state index < -0.39 is 18.1 Å². The Labute approximate surface area is 291 Å². The van der Waals surface area contributed by atoms with Crippen LogP contribution in [0.1, 0.15) is 85.0 Å². The number of ether oxygens (including phenoxy) is 3. The van der Waals surface area contributed by atoms with Gasteiger partial charge in [0.25, 0.3) is 0 Å². The van der Waals surface area contributed by atoms with Crippen LogP contribution < -0.4 is 14.2 Å². The highest BCUT2D eigenvalue weighted by Gasteiger charge is 2.35. The second-order valence-electron chi connectivity index (χ2n) is 12.9. The quantitative estimate of drug-likeness (QED) is 0.170. The first-order valence-corrected chi connectivity index (χ1v) is 17.1. The lowest BCUT2D eigenvalue weighted by Crippen LogP contribution is -2.52. The molecule has 0 radical (unpaired) electrons. The monoisotopic (exact) mass is 696 g/mol. The van der Waals surface area contributed by atoms with E-state index in [1.807, 2.05) is 6.92 Å². The fourth-order valence-corrected chi connectivity index (χ4v) is 6.80. The van der Waals surface area contributed by atoms with Crippen molar-refractivity contribution in [3.05, 3.63) is 87.4 Å². The van der Waals surface area contributed by atoms with E-state index in [9.17, 15) is 23.2 Å². The van der Waals surface area contributed by atoms with Crippen molar-refractivity contribution in [3.8, 4) is 17.2 Å². The molecule has 262 valence electrons. The van der Waals surface area contributed by atoms with E-state index >= 15 is 0 Å². The summed E-state index contributed by atoms with van der Waals surface area (Å²) in [6.07, 6.45) is 0.718. The molecule has 0 aromatic heterocycles. The number of hydrogen-bond donors (Lipinski definition) is 0. The Morgan fingerprint density at radius 2 is 1.35 bits per heavy atom. The number of nitrogens with zero attached hydrogens (tertiary/aromatic N) is 2. The molecule has 2 aliphatic rings. The molecule has 2 fully saturated rings. The topological polar surface area (TPSA) is 85.4 Å². The molecule has 0 aliphatic carbocycles. The zero-order valence-corrected chi connectivity index (χ0v) is 29.2. The van der Waals surface area contributed by atoms with Crippen molar-refractivity contribution in [2.45, 2.75) is 71.1 Å². The van der Waals surface area contributed by atoms with Gasteiger partial charge in [-0.2, -0.15) is 0 Å². The highest BCUT2D eigenvalue weighted by atomic mass is 35.5. The number of halogens is 3. The molecule has 3 aromatic carbocycles. The van der Waals surface area contributed by atoms with Crippen molar-refractivity contribution in [1.29, 1.82) is 0 Å². The van der Waals surface area contributed by atoms with Gasteiger partial charge in [-0.1, -0.05) is 42.8 Å². The molecule has 5 rings (SSSR count). The van der Waals surface area contributed by atoms with Gasteiger partial charge in [0.2, 0.25) is 5.75 Å². The third-order valence-corrected chi connectivity index (χ3v) is 9.91. The summed E-state index contributed by atoms with van der Waals surface area (Å²) >= 11 is 6.87. The summed E-state index contributed by atoms with van der Waals surface area (Å²) in [5.41, 5.74) is 2.24. The number of likely N-dealkylation sites (tertiary alicyclic amines) is 2. The minimum atomic E-state index is -0.699. The first-order chi connectivity index (χ1) is 23.4. The summed E-state index contributed by atoms with van der Waals surface area (Å²) in [4.78, 5) is 41.9. The second-order valence-corrected chi connectivity index (χ2v) is 13.3. The van der Waals surface area contributed by atoms with Crippen LogP contribution >= 0.6 is 11.6 Å². The summed E-state index contributed by atoms with van der Waals surface area (Å²) in [6, 6.07) is 12.2. The predicted octanol–water partition coefficient (Wildman–Crippen LogP) is 7.49. The van der Waals surface area contributed by atoms with Gasteiger partial charge in [-0.15, -0.1) is 0 Å². The minimum absolute atomic E-state index is 0.121. The van der Waals surface area contributed by atoms with Crippen molar-refractivity contribution in [2.75, 3.05) is 39.8 Å². The smallest absolute Gasteiger partial charge is 0.206 e. The molecule has 0 N–H and O–H groups in total. The third-order valence-electron chi connectivity index (χ3n) is 9.45. The molecular weight excluding hydrogens is 654 g/mol. The fraction of sp³-hybridized carbons (Fsp3) is 0.447. The van der Waals surface area contributed by atoms with E-state index in [2.05, 4.69) is 9.80 Å². The van der Waals surface area contributed by atoms with E-state index in [1.165, 1.54) is 38.3 Å². The van der Waals surface area contributed by atoms with Gasteiger partial charge in [0.15, 0.2) is 23.5 Å². The molecule has 0 saturated carbocycles. The van der Waals surface area contributed by atoms with E-state index in [4.69, 9.17) is 25.8 Å². The van der Waals surface area contributed by atoms with Gasteiger partial charge < -0.3 is 14.2 Å². The maximum absolute atomic E-state index is 14.1. The molecule has 8 nitrogen and oxygen atoms in total. The Balaban J connectivity index is 1.60. The molecule has 2 saturated heterocycles. The van der Waals surface area contributed by atoms with Crippen molar-refractivity contribution in [2.24, 2.45) is 0 Å². The Morgan fingerprint density at radius 1 is 0.816 bits per heavy atom. The Hall–Kier alpha value is -3.86. The van der Waals surface area contributed by atoms with E-state index in [-0.39, 0.29) is 56.9 Å². The lowest BCUT2D eigenvalue weighted by atomic mass is 9.92. The number of Topliss-reactive ketones (excluding diaryl/α,β-unsaturated/α-hetero) is 3. The molecule has 49 heavy (non-hydrogen) atoms. The first kappa shape index (κ1) is 36.4. The normalized spacial score (nSPS) is 17.8. The number of rotatable bonds is 13. The molecule has 0 bridgehead atoms. The number of ketones is 3.